The molecule has 1 saturated heterocycles. The van der Waals surface area contributed by atoms with Crippen molar-refractivity contribution in [3.63, 3.8) is 0 Å². The van der Waals surface area contributed by atoms with Gasteiger partial charge < -0.3 is 10.6 Å². The van der Waals surface area contributed by atoms with Gasteiger partial charge in [0.15, 0.2) is 5.69 Å². The van der Waals surface area contributed by atoms with Crippen LogP contribution in [0.1, 0.15) is 16.9 Å². The third-order valence-electron chi connectivity index (χ3n) is 3.60. The van der Waals surface area contributed by atoms with E-state index >= 15 is 0 Å². The lowest BCUT2D eigenvalue weighted by atomic mass is 10.1. The summed E-state index contributed by atoms with van der Waals surface area (Å²) in [5.74, 6) is 0.339. The van der Waals surface area contributed by atoms with Gasteiger partial charge in [0.1, 0.15) is 0 Å². The van der Waals surface area contributed by atoms with Gasteiger partial charge in [-0.15, -0.1) is 17.5 Å². The maximum absolute atomic E-state index is 12.3. The molecule has 2 aromatic rings. The molecule has 2 N–H and O–H groups in total. The van der Waals surface area contributed by atoms with Crippen molar-refractivity contribution < 1.29 is 4.79 Å². The Morgan fingerprint density at radius 1 is 1.33 bits per heavy atom. The van der Waals surface area contributed by atoms with Crippen LogP contribution in [0.3, 0.4) is 0 Å². The highest BCUT2D eigenvalue weighted by atomic mass is 35.5. The number of hydrogen-bond acceptors (Lipinski definition) is 4. The lowest BCUT2D eigenvalue weighted by Gasteiger charge is -2.14. The fraction of sp³-hybridized carbons (Fsp3) is 0.357. The van der Waals surface area contributed by atoms with Crippen LogP contribution in [0.4, 0.5) is 0 Å². The Morgan fingerprint density at radius 2 is 2.10 bits per heavy atom. The standard InChI is InChI=1S/C14H17N5O.ClH/c15-8-11-6-7-18(10-11)14(20)13-9-16-19(17-13)12-4-2-1-3-5-12;/h1-5,9,11H,6-8,10,15H2;1H. The number of rotatable bonds is 3. The summed E-state index contributed by atoms with van der Waals surface area (Å²) in [5, 5.41) is 8.41. The van der Waals surface area contributed by atoms with Gasteiger partial charge >= 0.3 is 0 Å². The predicted octanol–water partition coefficient (Wildman–Crippen LogP) is 1.11. The van der Waals surface area contributed by atoms with Gasteiger partial charge in [-0.05, 0) is 31.0 Å². The molecule has 1 fully saturated rings. The van der Waals surface area contributed by atoms with E-state index in [4.69, 9.17) is 5.73 Å². The largest absolute Gasteiger partial charge is 0.337 e. The summed E-state index contributed by atoms with van der Waals surface area (Å²) < 4.78 is 0. The molecule has 1 aliphatic rings. The number of benzene rings is 1. The van der Waals surface area contributed by atoms with Crippen LogP contribution in [0.2, 0.25) is 0 Å². The van der Waals surface area contributed by atoms with Crippen molar-refractivity contribution in [2.75, 3.05) is 19.6 Å². The molecule has 1 atom stereocenters. The second-order valence-electron chi connectivity index (χ2n) is 5.00. The van der Waals surface area contributed by atoms with Crippen molar-refractivity contribution in [3.05, 3.63) is 42.2 Å². The zero-order chi connectivity index (χ0) is 13.9. The average molecular weight is 308 g/mol. The summed E-state index contributed by atoms with van der Waals surface area (Å²) in [4.78, 5) is 15.6. The van der Waals surface area contributed by atoms with E-state index in [9.17, 15) is 4.79 Å². The second-order valence-corrected chi connectivity index (χ2v) is 5.00. The molecule has 0 spiro atoms. The van der Waals surface area contributed by atoms with Crippen LogP contribution >= 0.6 is 12.4 Å². The Bertz CT molecular complexity index is 600. The molecule has 0 saturated carbocycles. The minimum atomic E-state index is -0.0665. The van der Waals surface area contributed by atoms with Gasteiger partial charge in [-0.25, -0.2) is 0 Å². The number of hydrogen-bond donors (Lipinski definition) is 1. The molecule has 1 amide bonds. The van der Waals surface area contributed by atoms with E-state index in [1.165, 1.54) is 11.0 Å². The number of carbonyl (C=O) groups excluding carboxylic acids is 1. The van der Waals surface area contributed by atoms with Crippen molar-refractivity contribution in [2.24, 2.45) is 11.7 Å². The first-order valence-electron chi connectivity index (χ1n) is 6.75. The topological polar surface area (TPSA) is 77.0 Å². The van der Waals surface area contributed by atoms with Gasteiger partial charge in [0.2, 0.25) is 0 Å². The molecule has 1 aliphatic heterocycles. The Hall–Kier alpha value is -1.92. The number of halogens is 1. The number of para-hydroxylation sites is 1. The minimum absolute atomic E-state index is 0. The highest BCUT2D eigenvalue weighted by molar-refractivity contribution is 5.92. The molecule has 0 bridgehead atoms. The number of likely N-dealkylation sites (tertiary alicyclic amines) is 1. The monoisotopic (exact) mass is 307 g/mol. The van der Waals surface area contributed by atoms with Gasteiger partial charge in [0.25, 0.3) is 5.91 Å². The third kappa shape index (κ3) is 3.22. The quantitative estimate of drug-likeness (QED) is 0.921. The van der Waals surface area contributed by atoms with Crippen LogP contribution in [-0.2, 0) is 0 Å². The van der Waals surface area contributed by atoms with Gasteiger partial charge in [0, 0.05) is 13.1 Å². The van der Waals surface area contributed by atoms with E-state index in [0.717, 1.165) is 18.7 Å². The summed E-state index contributed by atoms with van der Waals surface area (Å²) in [6, 6.07) is 9.54. The molecule has 112 valence electrons. The number of carbonyl (C=O) groups is 1. The molecular weight excluding hydrogens is 290 g/mol. The Balaban J connectivity index is 0.00000161. The smallest absolute Gasteiger partial charge is 0.276 e. The van der Waals surface area contributed by atoms with Crippen LogP contribution in [0.25, 0.3) is 5.69 Å². The van der Waals surface area contributed by atoms with Crippen molar-refractivity contribution >= 4 is 18.3 Å². The summed E-state index contributed by atoms with van der Waals surface area (Å²) in [7, 11) is 0. The van der Waals surface area contributed by atoms with E-state index < -0.39 is 0 Å². The Labute approximate surface area is 129 Å². The fourth-order valence-corrected chi connectivity index (χ4v) is 2.42. The summed E-state index contributed by atoms with van der Waals surface area (Å²) in [5.41, 5.74) is 6.87. The number of nitrogens with two attached hydrogens (primary N) is 1. The molecule has 1 unspecified atom stereocenters. The van der Waals surface area contributed by atoms with E-state index in [1.807, 2.05) is 30.3 Å². The molecule has 6 nitrogen and oxygen atoms in total. The van der Waals surface area contributed by atoms with E-state index in [1.54, 1.807) is 4.90 Å². The zero-order valence-electron chi connectivity index (χ0n) is 11.6. The highest BCUT2D eigenvalue weighted by Crippen LogP contribution is 2.17. The number of aromatic nitrogens is 3. The minimum Gasteiger partial charge on any atom is -0.337 e. The van der Waals surface area contributed by atoms with Crippen LogP contribution in [0, 0.1) is 5.92 Å². The Kier molecular flexibility index (Phi) is 4.93. The highest BCUT2D eigenvalue weighted by Gasteiger charge is 2.27. The zero-order valence-corrected chi connectivity index (χ0v) is 12.4. The van der Waals surface area contributed by atoms with Gasteiger partial charge in [-0.1, -0.05) is 18.2 Å². The predicted molar refractivity (Wildman–Crippen MR) is 81.7 cm³/mol. The van der Waals surface area contributed by atoms with Gasteiger partial charge in [0.05, 0.1) is 11.9 Å². The van der Waals surface area contributed by atoms with E-state index in [-0.39, 0.29) is 18.3 Å². The molecule has 1 aromatic carbocycles. The first-order chi connectivity index (χ1) is 9.78. The van der Waals surface area contributed by atoms with Crippen LogP contribution in [0.15, 0.2) is 36.5 Å². The molecule has 3 rings (SSSR count). The molecular formula is C14H18ClN5O. The first-order valence-corrected chi connectivity index (χ1v) is 6.75. The van der Waals surface area contributed by atoms with Crippen LogP contribution in [0.5, 0.6) is 0 Å². The molecule has 1 aromatic heterocycles. The van der Waals surface area contributed by atoms with E-state index in [2.05, 4.69) is 10.2 Å². The van der Waals surface area contributed by atoms with Crippen molar-refractivity contribution in [3.8, 4) is 5.69 Å². The lowest BCUT2D eigenvalue weighted by molar-refractivity contribution is 0.0781. The summed E-state index contributed by atoms with van der Waals surface area (Å²) in [6.45, 7) is 2.09. The molecule has 2 heterocycles. The van der Waals surface area contributed by atoms with Gasteiger partial charge in [-0.2, -0.15) is 9.90 Å². The second kappa shape index (κ2) is 6.69. The van der Waals surface area contributed by atoms with Crippen molar-refractivity contribution in [1.82, 2.24) is 19.9 Å². The number of amides is 1. The third-order valence-corrected chi connectivity index (χ3v) is 3.60. The molecule has 0 aliphatic carbocycles. The first kappa shape index (κ1) is 15.5. The molecule has 21 heavy (non-hydrogen) atoms. The van der Waals surface area contributed by atoms with E-state index in [0.29, 0.717) is 24.7 Å². The van der Waals surface area contributed by atoms with Crippen LogP contribution < -0.4 is 5.73 Å². The summed E-state index contributed by atoms with van der Waals surface area (Å²) >= 11 is 0. The molecule has 7 heteroatoms. The maximum Gasteiger partial charge on any atom is 0.276 e. The van der Waals surface area contributed by atoms with Crippen molar-refractivity contribution in [2.45, 2.75) is 6.42 Å². The average Bonchev–Trinajstić information content (AvgIpc) is 3.17. The lowest BCUT2D eigenvalue weighted by Crippen LogP contribution is -2.30. The molecule has 0 radical (unpaired) electrons. The SMILES string of the molecule is Cl.NCC1CCN(C(=O)c2cnn(-c3ccccc3)n2)C1. The van der Waals surface area contributed by atoms with Crippen molar-refractivity contribution in [1.29, 1.82) is 0 Å². The summed E-state index contributed by atoms with van der Waals surface area (Å²) in [6.07, 6.45) is 2.49. The maximum atomic E-state index is 12.3. The fourth-order valence-electron chi connectivity index (χ4n) is 2.42. The Morgan fingerprint density at radius 3 is 2.76 bits per heavy atom. The normalized spacial score (nSPS) is 17.6. The van der Waals surface area contributed by atoms with Gasteiger partial charge in [-0.3, -0.25) is 4.79 Å². The number of nitrogens with zero attached hydrogens (tertiary/aromatic N) is 4. The van der Waals surface area contributed by atoms with Crippen LogP contribution in [-0.4, -0.2) is 45.4 Å².